The van der Waals surface area contributed by atoms with Crippen LogP contribution in [-0.2, 0) is 17.6 Å². The van der Waals surface area contributed by atoms with E-state index in [1.165, 1.54) is 16.7 Å². The smallest absolute Gasteiger partial charge is 0.247 e. The summed E-state index contributed by atoms with van der Waals surface area (Å²) in [6.45, 7) is 0.739. The highest BCUT2D eigenvalue weighted by Gasteiger charge is 2.29. The van der Waals surface area contributed by atoms with Gasteiger partial charge in [0.25, 0.3) is 0 Å². The van der Waals surface area contributed by atoms with Crippen LogP contribution in [0, 0.1) is 0 Å². The van der Waals surface area contributed by atoms with Gasteiger partial charge in [-0.3, -0.25) is 4.79 Å². The van der Waals surface area contributed by atoms with Crippen molar-refractivity contribution in [1.82, 2.24) is 4.90 Å². The Bertz CT molecular complexity index is 897. The van der Waals surface area contributed by atoms with E-state index in [0.717, 1.165) is 24.9 Å². The predicted octanol–water partition coefficient (Wildman–Crippen LogP) is 4.66. The quantitative estimate of drug-likeness (QED) is 0.646. The van der Waals surface area contributed by atoms with Crippen molar-refractivity contribution in [3.8, 4) is 0 Å². The monoisotopic (exact) mass is 343 g/mol. The third-order valence-electron chi connectivity index (χ3n) is 4.93. The Hall–Kier alpha value is -3.07. The molecule has 0 saturated heterocycles. The van der Waals surface area contributed by atoms with Crippen LogP contribution in [0.1, 0.15) is 28.3 Å². The fourth-order valence-electron chi connectivity index (χ4n) is 3.61. The van der Waals surface area contributed by atoms with Gasteiger partial charge in [0, 0.05) is 18.2 Å². The molecule has 1 aliphatic rings. The average molecular weight is 343 g/mol. The van der Waals surface area contributed by atoms with E-state index in [9.17, 15) is 4.79 Å². The first-order valence-corrected chi connectivity index (χ1v) is 8.94. The number of rotatable bonds is 4. The normalized spacial score (nSPS) is 16.6. The van der Waals surface area contributed by atoms with Gasteiger partial charge in [-0.15, -0.1) is 0 Å². The zero-order valence-corrected chi connectivity index (χ0v) is 14.5. The van der Waals surface area contributed by atoms with Crippen molar-refractivity contribution in [2.24, 2.45) is 0 Å². The Morgan fingerprint density at radius 3 is 2.69 bits per heavy atom. The molecule has 0 radical (unpaired) electrons. The van der Waals surface area contributed by atoms with Crippen molar-refractivity contribution >= 4 is 12.0 Å². The lowest BCUT2D eigenvalue weighted by molar-refractivity contribution is -0.128. The Kier molecular flexibility index (Phi) is 4.69. The number of nitrogens with zero attached hydrogens (tertiary/aromatic N) is 1. The summed E-state index contributed by atoms with van der Waals surface area (Å²) in [6, 6.07) is 20.8. The van der Waals surface area contributed by atoms with Crippen LogP contribution in [0.2, 0.25) is 0 Å². The van der Waals surface area contributed by atoms with Gasteiger partial charge in [0.1, 0.15) is 0 Å². The van der Waals surface area contributed by atoms with Gasteiger partial charge in [-0.2, -0.15) is 0 Å². The largest absolute Gasteiger partial charge is 0.472 e. The third kappa shape index (κ3) is 3.47. The van der Waals surface area contributed by atoms with Crippen LogP contribution in [0.25, 0.3) is 6.08 Å². The average Bonchev–Trinajstić information content (AvgIpc) is 3.21. The van der Waals surface area contributed by atoms with E-state index in [0.29, 0.717) is 0 Å². The highest BCUT2D eigenvalue weighted by Crippen LogP contribution is 2.32. The predicted molar refractivity (Wildman–Crippen MR) is 102 cm³/mol. The van der Waals surface area contributed by atoms with Crippen molar-refractivity contribution in [3.05, 3.63) is 102 Å². The molecule has 0 aliphatic carbocycles. The minimum Gasteiger partial charge on any atom is -0.472 e. The molecular formula is C23H21NO2. The molecule has 0 N–H and O–H groups in total. The van der Waals surface area contributed by atoms with Gasteiger partial charge in [0.15, 0.2) is 0 Å². The summed E-state index contributed by atoms with van der Waals surface area (Å²) in [5.41, 5.74) is 4.74. The summed E-state index contributed by atoms with van der Waals surface area (Å²) in [6.07, 6.45) is 8.43. The maximum atomic E-state index is 12.9. The van der Waals surface area contributed by atoms with E-state index in [2.05, 4.69) is 48.5 Å². The lowest BCUT2D eigenvalue weighted by atomic mass is 9.88. The summed E-state index contributed by atoms with van der Waals surface area (Å²) in [5, 5.41) is 0. The van der Waals surface area contributed by atoms with Gasteiger partial charge in [0.2, 0.25) is 5.91 Å². The number of hydrogen-bond donors (Lipinski definition) is 0. The Morgan fingerprint density at radius 1 is 1.08 bits per heavy atom. The van der Waals surface area contributed by atoms with E-state index in [4.69, 9.17) is 4.42 Å². The summed E-state index contributed by atoms with van der Waals surface area (Å²) in [4.78, 5) is 14.9. The highest BCUT2D eigenvalue weighted by atomic mass is 16.3. The topological polar surface area (TPSA) is 33.5 Å². The van der Waals surface area contributed by atoms with Crippen molar-refractivity contribution in [2.45, 2.75) is 18.9 Å². The second kappa shape index (κ2) is 7.44. The molecule has 3 aromatic rings. The molecule has 1 unspecified atom stereocenters. The van der Waals surface area contributed by atoms with E-state index in [-0.39, 0.29) is 11.9 Å². The molecule has 130 valence electrons. The SMILES string of the molecule is O=C(C=Cc1ccoc1)N1CCc2ccccc2C1Cc1ccccc1. The fourth-order valence-corrected chi connectivity index (χ4v) is 3.61. The third-order valence-corrected chi connectivity index (χ3v) is 4.93. The van der Waals surface area contributed by atoms with Crippen LogP contribution in [-0.4, -0.2) is 17.4 Å². The molecule has 1 atom stereocenters. The van der Waals surface area contributed by atoms with E-state index in [1.807, 2.05) is 23.1 Å². The van der Waals surface area contributed by atoms with Gasteiger partial charge >= 0.3 is 0 Å². The van der Waals surface area contributed by atoms with Gasteiger partial charge in [-0.25, -0.2) is 0 Å². The van der Waals surface area contributed by atoms with Crippen molar-refractivity contribution in [2.75, 3.05) is 6.54 Å². The number of carbonyl (C=O) groups is 1. The molecule has 1 amide bonds. The Balaban J connectivity index is 1.63. The maximum Gasteiger partial charge on any atom is 0.247 e. The number of fused-ring (bicyclic) bond motifs is 1. The fraction of sp³-hybridized carbons (Fsp3) is 0.174. The Morgan fingerprint density at radius 2 is 1.88 bits per heavy atom. The minimum atomic E-state index is 0.0432. The standard InChI is InChI=1S/C23H21NO2/c25-23(11-10-19-13-15-26-17-19)24-14-12-20-8-4-5-9-21(20)22(24)16-18-6-2-1-3-7-18/h1-11,13,15,17,22H,12,14,16H2. The minimum absolute atomic E-state index is 0.0432. The zero-order chi connectivity index (χ0) is 17.8. The molecule has 4 rings (SSSR count). The second-order valence-electron chi connectivity index (χ2n) is 6.58. The summed E-state index contributed by atoms with van der Waals surface area (Å²) in [7, 11) is 0. The van der Waals surface area contributed by atoms with E-state index >= 15 is 0 Å². The van der Waals surface area contributed by atoms with E-state index < -0.39 is 0 Å². The molecule has 0 spiro atoms. The number of benzene rings is 2. The van der Waals surface area contributed by atoms with Crippen LogP contribution >= 0.6 is 0 Å². The molecule has 0 saturated carbocycles. The van der Waals surface area contributed by atoms with Gasteiger partial charge in [-0.05, 0) is 41.7 Å². The molecule has 2 heterocycles. The number of amides is 1. The van der Waals surface area contributed by atoms with E-state index in [1.54, 1.807) is 18.6 Å². The molecule has 2 aromatic carbocycles. The molecular weight excluding hydrogens is 322 g/mol. The summed E-state index contributed by atoms with van der Waals surface area (Å²) < 4.78 is 5.06. The molecule has 1 aromatic heterocycles. The molecule has 0 fully saturated rings. The molecule has 3 nitrogen and oxygen atoms in total. The number of furan rings is 1. The number of carbonyl (C=O) groups excluding carboxylic acids is 1. The maximum absolute atomic E-state index is 12.9. The van der Waals surface area contributed by atoms with Gasteiger partial charge in [-0.1, -0.05) is 54.6 Å². The second-order valence-corrected chi connectivity index (χ2v) is 6.58. The summed E-state index contributed by atoms with van der Waals surface area (Å²) in [5.74, 6) is 0.0432. The molecule has 0 bridgehead atoms. The highest BCUT2D eigenvalue weighted by molar-refractivity contribution is 5.92. The van der Waals surface area contributed by atoms with Crippen molar-refractivity contribution < 1.29 is 9.21 Å². The van der Waals surface area contributed by atoms with Gasteiger partial charge in [0.05, 0.1) is 18.6 Å². The molecule has 26 heavy (non-hydrogen) atoms. The molecule has 3 heteroatoms. The molecule has 1 aliphatic heterocycles. The lowest BCUT2D eigenvalue weighted by Gasteiger charge is -2.37. The van der Waals surface area contributed by atoms with Gasteiger partial charge < -0.3 is 9.32 Å². The Labute approximate surface area is 153 Å². The zero-order valence-electron chi connectivity index (χ0n) is 14.5. The lowest BCUT2D eigenvalue weighted by Crippen LogP contribution is -2.40. The first kappa shape index (κ1) is 16.4. The van der Waals surface area contributed by atoms with Crippen LogP contribution in [0.3, 0.4) is 0 Å². The first-order valence-electron chi connectivity index (χ1n) is 8.94. The van der Waals surface area contributed by atoms with Crippen LogP contribution in [0.5, 0.6) is 0 Å². The van der Waals surface area contributed by atoms with Crippen LogP contribution in [0.15, 0.2) is 83.7 Å². The van der Waals surface area contributed by atoms with Crippen molar-refractivity contribution in [3.63, 3.8) is 0 Å². The van der Waals surface area contributed by atoms with Crippen molar-refractivity contribution in [1.29, 1.82) is 0 Å². The summed E-state index contributed by atoms with van der Waals surface area (Å²) >= 11 is 0. The first-order chi connectivity index (χ1) is 12.8. The van der Waals surface area contributed by atoms with Crippen LogP contribution in [0.4, 0.5) is 0 Å². The number of hydrogen-bond acceptors (Lipinski definition) is 2. The van der Waals surface area contributed by atoms with Crippen LogP contribution < -0.4 is 0 Å².